The van der Waals surface area contributed by atoms with Crippen LogP contribution in [0.15, 0.2) is 0 Å². The van der Waals surface area contributed by atoms with E-state index in [1.165, 1.54) is 58.8 Å². The summed E-state index contributed by atoms with van der Waals surface area (Å²) < 4.78 is 0. The number of carbonyl (C=O) groups excluding carboxylic acids is 2. The fourth-order valence-electron chi connectivity index (χ4n) is 2.57. The molecular formula is C23H48O2. The summed E-state index contributed by atoms with van der Waals surface area (Å²) >= 11 is 0. The van der Waals surface area contributed by atoms with Crippen molar-refractivity contribution in [2.75, 3.05) is 0 Å². The minimum atomic E-state index is 0.167. The van der Waals surface area contributed by atoms with Crippen LogP contribution < -0.4 is 0 Å². The second-order valence-corrected chi connectivity index (χ2v) is 8.97. The molecule has 0 bridgehead atoms. The molecule has 0 spiro atoms. The molecule has 0 aromatic rings. The molecule has 25 heavy (non-hydrogen) atoms. The molecule has 2 heteroatoms. The molecule has 2 atom stereocenters. The highest BCUT2D eigenvalue weighted by Gasteiger charge is 2.22. The van der Waals surface area contributed by atoms with E-state index in [0.717, 1.165) is 11.8 Å². The predicted octanol–water partition coefficient (Wildman–Crippen LogP) is 7.64. The maximum atomic E-state index is 9.81. The smallest absolute Gasteiger partial charge is 0.129 e. The Morgan fingerprint density at radius 1 is 0.840 bits per heavy atom. The molecule has 1 saturated carbocycles. The van der Waals surface area contributed by atoms with Gasteiger partial charge in [-0.25, -0.2) is 0 Å². The van der Waals surface area contributed by atoms with Crippen molar-refractivity contribution in [3.63, 3.8) is 0 Å². The highest BCUT2D eigenvalue weighted by molar-refractivity contribution is 5.74. The van der Waals surface area contributed by atoms with Gasteiger partial charge in [-0.05, 0) is 38.0 Å². The van der Waals surface area contributed by atoms with Gasteiger partial charge in [0.25, 0.3) is 0 Å². The van der Waals surface area contributed by atoms with Crippen molar-refractivity contribution in [2.45, 2.75) is 121 Å². The van der Waals surface area contributed by atoms with E-state index >= 15 is 0 Å². The van der Waals surface area contributed by atoms with Crippen LogP contribution in [-0.2, 0) is 9.59 Å². The normalized spacial score (nSPS) is 19.1. The molecule has 0 saturated heterocycles. The average Bonchev–Trinajstić information content (AvgIpc) is 2.46. The summed E-state index contributed by atoms with van der Waals surface area (Å²) in [5.41, 5.74) is 0.500. The van der Waals surface area contributed by atoms with E-state index in [9.17, 15) is 9.59 Å². The number of carbonyl (C=O) groups is 2. The fourth-order valence-corrected chi connectivity index (χ4v) is 2.57. The summed E-state index contributed by atoms with van der Waals surface area (Å²) in [6.45, 7) is 19.9. The molecule has 0 aromatic carbocycles. The summed E-state index contributed by atoms with van der Waals surface area (Å²) in [7, 11) is 0. The van der Waals surface area contributed by atoms with Gasteiger partial charge in [-0.3, -0.25) is 0 Å². The summed E-state index contributed by atoms with van der Waals surface area (Å²) in [5.74, 6) is 2.58. The minimum Gasteiger partial charge on any atom is -0.300 e. The van der Waals surface area contributed by atoms with Crippen LogP contribution in [0, 0.1) is 17.3 Å². The lowest BCUT2D eigenvalue weighted by Crippen LogP contribution is -2.18. The molecule has 1 aliphatic carbocycles. The monoisotopic (exact) mass is 356 g/mol. The topological polar surface area (TPSA) is 34.1 Å². The molecule has 1 rings (SSSR count). The Bertz CT molecular complexity index is 301. The van der Waals surface area contributed by atoms with Crippen LogP contribution in [0.25, 0.3) is 0 Å². The van der Waals surface area contributed by atoms with Crippen LogP contribution in [0.4, 0.5) is 0 Å². The number of Topliss-reactive ketones (excluding diaryl/α,β-unsaturated/α-hetero) is 2. The molecule has 0 aliphatic heterocycles. The van der Waals surface area contributed by atoms with Gasteiger partial charge in [0.1, 0.15) is 11.6 Å². The van der Waals surface area contributed by atoms with Gasteiger partial charge in [-0.1, -0.05) is 93.4 Å². The number of ketones is 2. The lowest BCUT2D eigenvalue weighted by atomic mass is 9.76. The number of rotatable bonds is 4. The van der Waals surface area contributed by atoms with Gasteiger partial charge < -0.3 is 9.59 Å². The van der Waals surface area contributed by atoms with E-state index in [1.807, 2.05) is 6.92 Å². The lowest BCUT2D eigenvalue weighted by molar-refractivity contribution is -0.117. The quantitative estimate of drug-likeness (QED) is 0.518. The van der Waals surface area contributed by atoms with E-state index in [2.05, 4.69) is 41.5 Å². The predicted molar refractivity (Wildman–Crippen MR) is 113 cm³/mol. The SMILES string of the molecule is CC(C)(C)C.CC(C)=O.CCC(C)=O.CCCC1CCCCC1CC. The van der Waals surface area contributed by atoms with Crippen molar-refractivity contribution < 1.29 is 9.59 Å². The molecule has 0 amide bonds. The Balaban J connectivity index is -0.000000292. The summed E-state index contributed by atoms with van der Waals surface area (Å²) in [5, 5.41) is 0. The first-order chi connectivity index (χ1) is 11.4. The van der Waals surface area contributed by atoms with Gasteiger partial charge in [0.15, 0.2) is 0 Å². The van der Waals surface area contributed by atoms with Gasteiger partial charge in [-0.2, -0.15) is 0 Å². The van der Waals surface area contributed by atoms with Gasteiger partial charge in [0.2, 0.25) is 0 Å². The van der Waals surface area contributed by atoms with Gasteiger partial charge in [0, 0.05) is 6.42 Å². The highest BCUT2D eigenvalue weighted by atomic mass is 16.1. The second kappa shape index (κ2) is 18.1. The van der Waals surface area contributed by atoms with Crippen molar-refractivity contribution in [3.8, 4) is 0 Å². The van der Waals surface area contributed by atoms with E-state index in [1.54, 1.807) is 6.92 Å². The minimum absolute atomic E-state index is 0.167. The third kappa shape index (κ3) is 35.4. The maximum absolute atomic E-state index is 9.81. The summed E-state index contributed by atoms with van der Waals surface area (Å²) in [6.07, 6.45) is 11.0. The molecule has 1 fully saturated rings. The Hall–Kier alpha value is -0.660. The zero-order valence-corrected chi connectivity index (χ0v) is 19.1. The third-order valence-corrected chi connectivity index (χ3v) is 3.75. The first-order valence-corrected chi connectivity index (χ1v) is 10.3. The van der Waals surface area contributed by atoms with Gasteiger partial charge in [-0.15, -0.1) is 0 Å². The van der Waals surface area contributed by atoms with Crippen molar-refractivity contribution in [1.29, 1.82) is 0 Å². The number of hydrogen-bond donors (Lipinski definition) is 0. The Labute approximate surface area is 159 Å². The number of hydrogen-bond acceptors (Lipinski definition) is 2. The van der Waals surface area contributed by atoms with E-state index in [0.29, 0.717) is 11.8 Å². The molecule has 0 aromatic heterocycles. The fraction of sp³-hybridized carbons (Fsp3) is 0.913. The van der Waals surface area contributed by atoms with Crippen molar-refractivity contribution in [3.05, 3.63) is 0 Å². The standard InChI is InChI=1S/C11H22.C5H12.C4H8O.C3H6O/c1-3-7-11-9-6-5-8-10(11)4-2;1-5(2,3)4;1-3-4(2)5;1-3(2)4/h10-11H,3-9H2,1-2H3;1-4H3;3H2,1-2H3;1-2H3. The largest absolute Gasteiger partial charge is 0.300 e. The van der Waals surface area contributed by atoms with Crippen molar-refractivity contribution in [2.24, 2.45) is 17.3 Å². The zero-order chi connectivity index (χ0) is 20.5. The maximum Gasteiger partial charge on any atom is 0.129 e. The second-order valence-electron chi connectivity index (χ2n) is 8.97. The van der Waals surface area contributed by atoms with E-state index < -0.39 is 0 Å². The molecule has 2 unspecified atom stereocenters. The zero-order valence-electron chi connectivity index (χ0n) is 19.1. The molecular weight excluding hydrogens is 308 g/mol. The molecule has 152 valence electrons. The van der Waals surface area contributed by atoms with Crippen LogP contribution >= 0.6 is 0 Å². The van der Waals surface area contributed by atoms with Crippen LogP contribution in [0.2, 0.25) is 0 Å². The average molecular weight is 357 g/mol. The highest BCUT2D eigenvalue weighted by Crippen LogP contribution is 2.34. The molecule has 1 aliphatic rings. The Morgan fingerprint density at radius 3 is 1.40 bits per heavy atom. The molecule has 2 nitrogen and oxygen atoms in total. The summed E-state index contributed by atoms with van der Waals surface area (Å²) in [6, 6.07) is 0. The first-order valence-electron chi connectivity index (χ1n) is 10.3. The molecule has 0 radical (unpaired) electrons. The van der Waals surface area contributed by atoms with Crippen molar-refractivity contribution in [1.82, 2.24) is 0 Å². The lowest BCUT2D eigenvalue weighted by Gasteiger charge is -2.30. The van der Waals surface area contributed by atoms with Crippen LogP contribution in [0.5, 0.6) is 0 Å². The first kappa shape index (κ1) is 29.1. The molecule has 0 heterocycles. The Morgan fingerprint density at radius 2 is 1.16 bits per heavy atom. The third-order valence-electron chi connectivity index (χ3n) is 3.75. The van der Waals surface area contributed by atoms with Crippen LogP contribution in [-0.4, -0.2) is 11.6 Å². The van der Waals surface area contributed by atoms with Crippen LogP contribution in [0.1, 0.15) is 121 Å². The van der Waals surface area contributed by atoms with E-state index in [4.69, 9.17) is 0 Å². The van der Waals surface area contributed by atoms with Crippen LogP contribution in [0.3, 0.4) is 0 Å². The van der Waals surface area contributed by atoms with Gasteiger partial charge in [0.05, 0.1) is 0 Å². The van der Waals surface area contributed by atoms with E-state index in [-0.39, 0.29) is 11.6 Å². The summed E-state index contributed by atoms with van der Waals surface area (Å²) in [4.78, 5) is 19.3. The van der Waals surface area contributed by atoms with Gasteiger partial charge >= 0.3 is 0 Å². The Kier molecular flexibility index (Phi) is 21.1. The van der Waals surface area contributed by atoms with Crippen molar-refractivity contribution >= 4 is 11.6 Å². The molecule has 0 N–H and O–H groups in total.